The van der Waals surface area contributed by atoms with Gasteiger partial charge in [0.15, 0.2) is 0 Å². The van der Waals surface area contributed by atoms with Crippen LogP contribution in [0.5, 0.6) is 11.5 Å². The summed E-state index contributed by atoms with van der Waals surface area (Å²) in [6, 6.07) is 4.78. The summed E-state index contributed by atoms with van der Waals surface area (Å²) in [5, 5.41) is 12.7. The summed E-state index contributed by atoms with van der Waals surface area (Å²) < 4.78 is 4.98. The Labute approximate surface area is 112 Å². The smallest absolute Gasteiger partial charge is 0.255 e. The van der Waals surface area contributed by atoms with Crippen molar-refractivity contribution < 1.29 is 14.6 Å². The molecule has 5 heteroatoms. The van der Waals surface area contributed by atoms with E-state index in [1.807, 2.05) is 13.2 Å². The molecule has 2 N–H and O–H groups in total. The largest absolute Gasteiger partial charge is 0.507 e. The molecular weight excluding hydrogens is 250 g/mol. The van der Waals surface area contributed by atoms with E-state index in [4.69, 9.17) is 4.74 Å². The van der Waals surface area contributed by atoms with Gasteiger partial charge in [0.05, 0.1) is 12.7 Å². The molecule has 0 saturated heterocycles. The SMILES string of the molecule is CCC(CSC)NC(=O)c1ccc(OC)cc1O. The maximum absolute atomic E-state index is 12.0. The number of carbonyl (C=O) groups is 1. The van der Waals surface area contributed by atoms with E-state index in [1.165, 1.54) is 13.2 Å². The summed E-state index contributed by atoms with van der Waals surface area (Å²) >= 11 is 1.68. The number of amides is 1. The quantitative estimate of drug-likeness (QED) is 0.832. The number of phenolic OH excluding ortho intramolecular Hbond substituents is 1. The summed E-state index contributed by atoms with van der Waals surface area (Å²) in [5.74, 6) is 1.07. The lowest BCUT2D eigenvalue weighted by atomic mass is 10.1. The van der Waals surface area contributed by atoms with Gasteiger partial charge in [-0.2, -0.15) is 11.8 Å². The van der Waals surface area contributed by atoms with E-state index >= 15 is 0 Å². The second kappa shape index (κ2) is 7.16. The molecule has 0 aliphatic heterocycles. The molecule has 1 aromatic carbocycles. The van der Waals surface area contributed by atoms with Crippen LogP contribution in [0, 0.1) is 0 Å². The van der Waals surface area contributed by atoms with Crippen LogP contribution in [0.15, 0.2) is 18.2 Å². The third kappa shape index (κ3) is 3.84. The van der Waals surface area contributed by atoms with Gasteiger partial charge < -0.3 is 15.2 Å². The molecule has 18 heavy (non-hydrogen) atoms. The lowest BCUT2D eigenvalue weighted by molar-refractivity contribution is 0.0937. The molecule has 0 fully saturated rings. The molecule has 0 aliphatic rings. The molecule has 0 spiro atoms. The van der Waals surface area contributed by atoms with Gasteiger partial charge in [0, 0.05) is 17.9 Å². The summed E-state index contributed by atoms with van der Waals surface area (Å²) in [7, 11) is 1.51. The minimum Gasteiger partial charge on any atom is -0.507 e. The summed E-state index contributed by atoms with van der Waals surface area (Å²) in [6.07, 6.45) is 2.86. The fraction of sp³-hybridized carbons (Fsp3) is 0.462. The van der Waals surface area contributed by atoms with Crippen molar-refractivity contribution in [3.05, 3.63) is 23.8 Å². The standard InChI is InChI=1S/C13H19NO3S/c1-4-9(8-18-3)14-13(16)11-6-5-10(17-2)7-12(11)15/h5-7,9,15H,4,8H2,1-3H3,(H,14,16). The van der Waals surface area contributed by atoms with Crippen molar-refractivity contribution in [2.24, 2.45) is 0 Å². The predicted octanol–water partition coefficient (Wildman–Crippen LogP) is 2.27. The number of methoxy groups -OCH3 is 1. The number of aromatic hydroxyl groups is 1. The number of ether oxygens (including phenoxy) is 1. The summed E-state index contributed by atoms with van der Waals surface area (Å²) in [6.45, 7) is 2.02. The topological polar surface area (TPSA) is 58.6 Å². The molecular formula is C13H19NO3S. The van der Waals surface area contributed by atoms with Crippen LogP contribution in [0.25, 0.3) is 0 Å². The predicted molar refractivity (Wildman–Crippen MR) is 74.6 cm³/mol. The van der Waals surface area contributed by atoms with E-state index in [9.17, 15) is 9.90 Å². The average Bonchev–Trinajstić information content (AvgIpc) is 2.37. The molecule has 0 aromatic heterocycles. The van der Waals surface area contributed by atoms with Crippen molar-refractivity contribution in [2.75, 3.05) is 19.1 Å². The molecule has 0 heterocycles. The Morgan fingerprint density at radius 3 is 2.78 bits per heavy atom. The van der Waals surface area contributed by atoms with E-state index in [2.05, 4.69) is 5.32 Å². The fourth-order valence-electron chi connectivity index (χ4n) is 1.56. The first kappa shape index (κ1) is 14.7. The molecule has 0 saturated carbocycles. The molecule has 4 nitrogen and oxygen atoms in total. The highest BCUT2D eigenvalue weighted by Gasteiger charge is 2.15. The molecule has 1 atom stereocenters. The van der Waals surface area contributed by atoms with Gasteiger partial charge in [0.25, 0.3) is 5.91 Å². The van der Waals surface area contributed by atoms with E-state index in [0.29, 0.717) is 5.75 Å². The van der Waals surface area contributed by atoms with Gasteiger partial charge in [-0.05, 0) is 24.8 Å². The zero-order valence-electron chi connectivity index (χ0n) is 10.9. The number of benzene rings is 1. The minimum atomic E-state index is -0.254. The zero-order chi connectivity index (χ0) is 13.5. The first-order chi connectivity index (χ1) is 8.62. The van der Waals surface area contributed by atoms with Gasteiger partial charge in [-0.25, -0.2) is 0 Å². The Bertz CT molecular complexity index is 409. The third-order valence-electron chi connectivity index (χ3n) is 2.65. The summed E-state index contributed by atoms with van der Waals surface area (Å²) in [5.41, 5.74) is 0.273. The van der Waals surface area contributed by atoms with Crippen LogP contribution in [-0.4, -0.2) is 36.2 Å². The van der Waals surface area contributed by atoms with Gasteiger partial charge in [-0.15, -0.1) is 0 Å². The average molecular weight is 269 g/mol. The molecule has 0 bridgehead atoms. The van der Waals surface area contributed by atoms with Crippen LogP contribution < -0.4 is 10.1 Å². The maximum atomic E-state index is 12.0. The Morgan fingerprint density at radius 2 is 2.28 bits per heavy atom. The van der Waals surface area contributed by atoms with Crippen LogP contribution in [0.1, 0.15) is 23.7 Å². The van der Waals surface area contributed by atoms with Crippen LogP contribution in [0.4, 0.5) is 0 Å². The highest BCUT2D eigenvalue weighted by Crippen LogP contribution is 2.23. The molecule has 1 unspecified atom stereocenters. The van der Waals surface area contributed by atoms with E-state index in [1.54, 1.807) is 23.9 Å². The number of hydrogen-bond donors (Lipinski definition) is 2. The van der Waals surface area contributed by atoms with Gasteiger partial charge in [0.1, 0.15) is 11.5 Å². The van der Waals surface area contributed by atoms with Gasteiger partial charge >= 0.3 is 0 Å². The number of phenols is 1. The van der Waals surface area contributed by atoms with Crippen LogP contribution >= 0.6 is 11.8 Å². The summed E-state index contributed by atoms with van der Waals surface area (Å²) in [4.78, 5) is 12.0. The van der Waals surface area contributed by atoms with Crippen molar-refractivity contribution in [1.82, 2.24) is 5.32 Å². The van der Waals surface area contributed by atoms with Gasteiger partial charge in [-0.3, -0.25) is 4.79 Å². The van der Waals surface area contributed by atoms with Crippen molar-refractivity contribution in [3.8, 4) is 11.5 Å². The fourth-order valence-corrected chi connectivity index (χ4v) is 2.28. The van der Waals surface area contributed by atoms with Crippen LogP contribution in [0.3, 0.4) is 0 Å². The number of carbonyl (C=O) groups excluding carboxylic acids is 1. The number of rotatable bonds is 6. The second-order valence-electron chi connectivity index (χ2n) is 3.92. The lowest BCUT2D eigenvalue weighted by Crippen LogP contribution is -2.36. The van der Waals surface area contributed by atoms with Gasteiger partial charge in [0.2, 0.25) is 0 Å². The Balaban J connectivity index is 2.77. The van der Waals surface area contributed by atoms with Crippen molar-refractivity contribution in [1.29, 1.82) is 0 Å². The Hall–Kier alpha value is -1.36. The maximum Gasteiger partial charge on any atom is 0.255 e. The molecule has 1 amide bonds. The van der Waals surface area contributed by atoms with Crippen molar-refractivity contribution >= 4 is 17.7 Å². The monoisotopic (exact) mass is 269 g/mol. The number of nitrogens with one attached hydrogen (secondary N) is 1. The molecule has 0 aliphatic carbocycles. The van der Waals surface area contributed by atoms with Crippen molar-refractivity contribution in [3.63, 3.8) is 0 Å². The minimum absolute atomic E-state index is 0.0640. The zero-order valence-corrected chi connectivity index (χ0v) is 11.7. The van der Waals surface area contributed by atoms with Gasteiger partial charge in [-0.1, -0.05) is 6.92 Å². The molecule has 1 rings (SSSR count). The second-order valence-corrected chi connectivity index (χ2v) is 4.83. The Kier molecular flexibility index (Phi) is 5.85. The Morgan fingerprint density at radius 1 is 1.56 bits per heavy atom. The van der Waals surface area contributed by atoms with Crippen LogP contribution in [-0.2, 0) is 0 Å². The third-order valence-corrected chi connectivity index (χ3v) is 3.38. The van der Waals surface area contributed by atoms with E-state index in [-0.39, 0.29) is 23.3 Å². The molecule has 100 valence electrons. The highest BCUT2D eigenvalue weighted by atomic mass is 32.2. The van der Waals surface area contributed by atoms with Crippen molar-refractivity contribution in [2.45, 2.75) is 19.4 Å². The molecule has 1 aromatic rings. The highest BCUT2D eigenvalue weighted by molar-refractivity contribution is 7.98. The van der Waals surface area contributed by atoms with E-state index in [0.717, 1.165) is 12.2 Å². The number of thioether (sulfide) groups is 1. The van der Waals surface area contributed by atoms with Crippen LogP contribution in [0.2, 0.25) is 0 Å². The first-order valence-corrected chi connectivity index (χ1v) is 7.18. The lowest BCUT2D eigenvalue weighted by Gasteiger charge is -2.16. The number of hydrogen-bond acceptors (Lipinski definition) is 4. The molecule has 0 radical (unpaired) electrons. The van der Waals surface area contributed by atoms with E-state index < -0.39 is 0 Å². The first-order valence-electron chi connectivity index (χ1n) is 5.79. The normalized spacial score (nSPS) is 11.9.